The molecule has 2 rings (SSSR count). The zero-order chi connectivity index (χ0) is 17.4. The lowest BCUT2D eigenvalue weighted by Gasteiger charge is -2.34. The third kappa shape index (κ3) is 5.04. The third-order valence-corrected chi connectivity index (χ3v) is 3.87. The van der Waals surface area contributed by atoms with E-state index in [1.807, 2.05) is 18.2 Å². The number of hydrogen-bond acceptors (Lipinski definition) is 5. The van der Waals surface area contributed by atoms with E-state index in [2.05, 4.69) is 0 Å². The van der Waals surface area contributed by atoms with Crippen molar-refractivity contribution < 1.29 is 19.1 Å². The fourth-order valence-corrected chi connectivity index (χ4v) is 2.53. The fraction of sp³-hybridized carbons (Fsp3) is 0.529. The molecule has 1 heterocycles. The van der Waals surface area contributed by atoms with Crippen molar-refractivity contribution in [2.75, 3.05) is 45.1 Å². The predicted molar refractivity (Wildman–Crippen MR) is 90.8 cm³/mol. The fourth-order valence-electron chi connectivity index (χ4n) is 2.53. The number of anilines is 1. The number of nitrogens with zero attached hydrogens (tertiary/aromatic N) is 2. The number of piperazine rings is 1. The van der Waals surface area contributed by atoms with E-state index in [9.17, 15) is 9.59 Å². The minimum Gasteiger partial charge on any atom is -0.491 e. The van der Waals surface area contributed by atoms with Crippen LogP contribution in [0, 0.1) is 0 Å². The van der Waals surface area contributed by atoms with Crippen molar-refractivity contribution in [2.24, 2.45) is 0 Å². The number of nitrogen functional groups attached to an aromatic ring is 1. The Kier molecular flexibility index (Phi) is 6.72. The maximum atomic E-state index is 12.2. The van der Waals surface area contributed by atoms with E-state index in [0.29, 0.717) is 63.7 Å². The molecule has 7 heteroatoms. The summed E-state index contributed by atoms with van der Waals surface area (Å²) < 4.78 is 10.5. The van der Waals surface area contributed by atoms with Gasteiger partial charge in [0.25, 0.3) is 0 Å². The molecule has 1 aliphatic rings. The van der Waals surface area contributed by atoms with Crippen LogP contribution in [0.4, 0.5) is 10.5 Å². The summed E-state index contributed by atoms with van der Waals surface area (Å²) in [6, 6.07) is 7.30. The topological polar surface area (TPSA) is 85.1 Å². The maximum Gasteiger partial charge on any atom is 0.409 e. The van der Waals surface area contributed by atoms with Gasteiger partial charge in [-0.2, -0.15) is 0 Å². The molecule has 0 unspecified atom stereocenters. The monoisotopic (exact) mass is 335 g/mol. The van der Waals surface area contributed by atoms with E-state index < -0.39 is 0 Å². The molecular weight excluding hydrogens is 310 g/mol. The molecule has 0 atom stereocenters. The number of nitrogens with two attached hydrogens (primary N) is 1. The highest BCUT2D eigenvalue weighted by Gasteiger charge is 2.24. The lowest BCUT2D eigenvalue weighted by atomic mass is 10.2. The van der Waals surface area contributed by atoms with Crippen molar-refractivity contribution in [1.29, 1.82) is 0 Å². The molecule has 1 fully saturated rings. The average Bonchev–Trinajstić information content (AvgIpc) is 2.60. The van der Waals surface area contributed by atoms with Gasteiger partial charge < -0.3 is 25.0 Å². The maximum absolute atomic E-state index is 12.2. The Labute approximate surface area is 142 Å². The van der Waals surface area contributed by atoms with Crippen molar-refractivity contribution in [2.45, 2.75) is 19.8 Å². The van der Waals surface area contributed by atoms with E-state index in [1.54, 1.807) is 22.8 Å². The summed E-state index contributed by atoms with van der Waals surface area (Å²) in [5, 5.41) is 0. The van der Waals surface area contributed by atoms with E-state index >= 15 is 0 Å². The summed E-state index contributed by atoms with van der Waals surface area (Å²) in [5.74, 6) is 0.733. The number of carbonyl (C=O) groups is 2. The van der Waals surface area contributed by atoms with Crippen LogP contribution in [0.5, 0.6) is 5.75 Å². The molecule has 132 valence electrons. The van der Waals surface area contributed by atoms with Crippen LogP contribution in [0.3, 0.4) is 0 Å². The lowest BCUT2D eigenvalue weighted by Crippen LogP contribution is -2.50. The third-order valence-electron chi connectivity index (χ3n) is 3.87. The molecule has 1 aliphatic heterocycles. The minimum absolute atomic E-state index is 0.0862. The van der Waals surface area contributed by atoms with Crippen LogP contribution in [-0.4, -0.2) is 61.2 Å². The van der Waals surface area contributed by atoms with Gasteiger partial charge in [-0.15, -0.1) is 0 Å². The van der Waals surface area contributed by atoms with Gasteiger partial charge in [-0.3, -0.25) is 4.79 Å². The molecule has 7 nitrogen and oxygen atoms in total. The van der Waals surface area contributed by atoms with Crippen molar-refractivity contribution in [3.05, 3.63) is 24.3 Å². The number of carbonyl (C=O) groups excluding carboxylic acids is 2. The second-order valence-corrected chi connectivity index (χ2v) is 5.56. The molecular formula is C17H25N3O4. The standard InChI is InChI=1S/C17H25N3O4/c1-2-23-17(22)20-11-9-19(10-12-20)16(21)8-5-13-24-15-7-4-3-6-14(15)18/h3-4,6-7H,2,5,8-13,18H2,1H3. The summed E-state index contributed by atoms with van der Waals surface area (Å²) in [4.78, 5) is 27.2. The van der Waals surface area contributed by atoms with Gasteiger partial charge in [-0.05, 0) is 25.5 Å². The van der Waals surface area contributed by atoms with Crippen LogP contribution >= 0.6 is 0 Å². The smallest absolute Gasteiger partial charge is 0.409 e. The highest BCUT2D eigenvalue weighted by molar-refractivity contribution is 5.76. The predicted octanol–water partition coefficient (Wildman–Crippen LogP) is 1.73. The summed E-state index contributed by atoms with van der Waals surface area (Å²) in [6.07, 6.45) is 0.746. The van der Waals surface area contributed by atoms with Crippen molar-refractivity contribution >= 4 is 17.7 Å². The zero-order valence-electron chi connectivity index (χ0n) is 14.1. The van der Waals surface area contributed by atoms with Crippen LogP contribution in [0.2, 0.25) is 0 Å². The molecule has 0 aromatic heterocycles. The van der Waals surface area contributed by atoms with Gasteiger partial charge >= 0.3 is 6.09 Å². The molecule has 0 aliphatic carbocycles. The van der Waals surface area contributed by atoms with E-state index in [0.717, 1.165) is 0 Å². The van der Waals surface area contributed by atoms with Gasteiger partial charge in [-0.1, -0.05) is 12.1 Å². The van der Waals surface area contributed by atoms with Crippen LogP contribution in [0.15, 0.2) is 24.3 Å². The SMILES string of the molecule is CCOC(=O)N1CCN(C(=O)CCCOc2ccccc2N)CC1. The molecule has 24 heavy (non-hydrogen) atoms. The molecule has 1 aromatic carbocycles. The zero-order valence-corrected chi connectivity index (χ0v) is 14.1. The second kappa shape index (κ2) is 9.00. The van der Waals surface area contributed by atoms with Gasteiger partial charge in [0.1, 0.15) is 5.75 Å². The van der Waals surface area contributed by atoms with Crippen LogP contribution in [0.1, 0.15) is 19.8 Å². The van der Waals surface area contributed by atoms with E-state index in [-0.39, 0.29) is 12.0 Å². The van der Waals surface area contributed by atoms with Crippen molar-refractivity contribution in [3.8, 4) is 5.75 Å². The number of hydrogen-bond donors (Lipinski definition) is 1. The van der Waals surface area contributed by atoms with Gasteiger partial charge in [0.15, 0.2) is 0 Å². The molecule has 0 bridgehead atoms. The normalized spacial score (nSPS) is 14.4. The first-order valence-electron chi connectivity index (χ1n) is 8.28. The quantitative estimate of drug-likeness (QED) is 0.632. The Bertz CT molecular complexity index is 557. The Balaban J connectivity index is 1.65. The van der Waals surface area contributed by atoms with Gasteiger partial charge in [0, 0.05) is 32.6 Å². The van der Waals surface area contributed by atoms with E-state index in [1.165, 1.54) is 0 Å². The van der Waals surface area contributed by atoms with Crippen LogP contribution in [0.25, 0.3) is 0 Å². The Morgan fingerprint density at radius 3 is 2.46 bits per heavy atom. The molecule has 2 N–H and O–H groups in total. The highest BCUT2D eigenvalue weighted by Crippen LogP contribution is 2.20. The second-order valence-electron chi connectivity index (χ2n) is 5.56. The first-order chi connectivity index (χ1) is 11.6. The van der Waals surface area contributed by atoms with Crippen LogP contribution < -0.4 is 10.5 Å². The molecule has 1 saturated heterocycles. The number of ether oxygens (including phenoxy) is 2. The molecule has 2 amide bonds. The van der Waals surface area contributed by atoms with Crippen molar-refractivity contribution in [3.63, 3.8) is 0 Å². The summed E-state index contributed by atoms with van der Waals surface area (Å²) in [6.45, 7) is 4.72. The average molecular weight is 335 g/mol. The highest BCUT2D eigenvalue weighted by atomic mass is 16.6. The van der Waals surface area contributed by atoms with Gasteiger partial charge in [0.05, 0.1) is 18.9 Å². The van der Waals surface area contributed by atoms with Crippen molar-refractivity contribution in [1.82, 2.24) is 9.80 Å². The van der Waals surface area contributed by atoms with Crippen LogP contribution in [-0.2, 0) is 9.53 Å². The first kappa shape index (κ1) is 17.9. The lowest BCUT2D eigenvalue weighted by molar-refractivity contribution is -0.133. The number of benzene rings is 1. The summed E-state index contributed by atoms with van der Waals surface area (Å²) in [5.41, 5.74) is 6.39. The van der Waals surface area contributed by atoms with Gasteiger partial charge in [-0.25, -0.2) is 4.79 Å². The largest absolute Gasteiger partial charge is 0.491 e. The molecule has 0 radical (unpaired) electrons. The Morgan fingerprint density at radius 1 is 1.12 bits per heavy atom. The molecule has 1 aromatic rings. The summed E-state index contributed by atoms with van der Waals surface area (Å²) >= 11 is 0. The number of amides is 2. The van der Waals surface area contributed by atoms with Gasteiger partial charge in [0.2, 0.25) is 5.91 Å². The molecule has 0 saturated carbocycles. The first-order valence-corrected chi connectivity index (χ1v) is 8.28. The minimum atomic E-state index is -0.307. The number of para-hydroxylation sites is 2. The Morgan fingerprint density at radius 2 is 1.79 bits per heavy atom. The molecule has 0 spiro atoms. The van der Waals surface area contributed by atoms with E-state index in [4.69, 9.17) is 15.2 Å². The Hall–Kier alpha value is -2.44. The summed E-state index contributed by atoms with van der Waals surface area (Å²) in [7, 11) is 0. The number of rotatable bonds is 6.